The summed E-state index contributed by atoms with van der Waals surface area (Å²) >= 11 is 0. The van der Waals surface area contributed by atoms with E-state index in [0.717, 1.165) is 23.3 Å². The number of nitrogens with zero attached hydrogens (tertiary/aromatic N) is 4. The van der Waals surface area contributed by atoms with Crippen LogP contribution in [0.15, 0.2) is 42.5 Å². The van der Waals surface area contributed by atoms with E-state index in [9.17, 15) is 8.78 Å². The Kier molecular flexibility index (Phi) is 5.34. The first-order valence-electron chi connectivity index (χ1n) is 8.09. The van der Waals surface area contributed by atoms with Crippen LogP contribution < -0.4 is 5.32 Å². The minimum absolute atomic E-state index is 0.259. The van der Waals surface area contributed by atoms with E-state index < -0.39 is 11.6 Å². The number of halogens is 2. The van der Waals surface area contributed by atoms with Gasteiger partial charge in [-0.25, -0.2) is 8.78 Å². The van der Waals surface area contributed by atoms with E-state index in [0.29, 0.717) is 24.2 Å². The Balaban J connectivity index is 1.66. The van der Waals surface area contributed by atoms with Gasteiger partial charge in [-0.3, -0.25) is 0 Å². The normalized spacial score (nSPS) is 10.7. The van der Waals surface area contributed by atoms with Gasteiger partial charge in [0.15, 0.2) is 0 Å². The van der Waals surface area contributed by atoms with Gasteiger partial charge in [0.25, 0.3) is 0 Å². The average Bonchev–Trinajstić information content (AvgIpc) is 2.98. The molecule has 0 aliphatic rings. The SMILES string of the molecule is Cc1nnc(CNCc2ccc(F)cc2F)n1Cc1ccc(C#N)cc1. The molecule has 3 rings (SSSR count). The molecule has 0 bridgehead atoms. The summed E-state index contributed by atoms with van der Waals surface area (Å²) in [5, 5.41) is 20.2. The lowest BCUT2D eigenvalue weighted by atomic mass is 10.1. The lowest BCUT2D eigenvalue weighted by molar-refractivity contribution is 0.553. The molecule has 0 saturated carbocycles. The van der Waals surface area contributed by atoms with Crippen LogP contribution in [0.5, 0.6) is 0 Å². The van der Waals surface area contributed by atoms with Gasteiger partial charge in [-0.1, -0.05) is 18.2 Å². The smallest absolute Gasteiger partial charge is 0.147 e. The highest BCUT2D eigenvalue weighted by atomic mass is 19.1. The first-order chi connectivity index (χ1) is 12.6. The van der Waals surface area contributed by atoms with Gasteiger partial charge < -0.3 is 9.88 Å². The monoisotopic (exact) mass is 353 g/mol. The average molecular weight is 353 g/mol. The van der Waals surface area contributed by atoms with Gasteiger partial charge in [0.1, 0.15) is 23.3 Å². The van der Waals surface area contributed by atoms with Crippen LogP contribution >= 0.6 is 0 Å². The van der Waals surface area contributed by atoms with Crippen molar-refractivity contribution in [2.24, 2.45) is 0 Å². The molecule has 5 nitrogen and oxygen atoms in total. The molecule has 7 heteroatoms. The number of rotatable bonds is 6. The summed E-state index contributed by atoms with van der Waals surface area (Å²) in [6.45, 7) is 3.09. The third kappa shape index (κ3) is 4.10. The molecule has 0 aliphatic carbocycles. The van der Waals surface area contributed by atoms with Crippen LogP contribution in [0.1, 0.15) is 28.3 Å². The third-order valence-electron chi connectivity index (χ3n) is 4.05. The fourth-order valence-electron chi connectivity index (χ4n) is 2.60. The minimum atomic E-state index is -0.593. The molecule has 1 N–H and O–H groups in total. The van der Waals surface area contributed by atoms with Crippen molar-refractivity contribution in [2.75, 3.05) is 0 Å². The van der Waals surface area contributed by atoms with E-state index in [-0.39, 0.29) is 6.54 Å². The second kappa shape index (κ2) is 7.85. The maximum Gasteiger partial charge on any atom is 0.147 e. The molecule has 132 valence electrons. The Morgan fingerprint density at radius 3 is 2.54 bits per heavy atom. The number of nitriles is 1. The van der Waals surface area contributed by atoms with Crippen LogP contribution in [0.25, 0.3) is 0 Å². The van der Waals surface area contributed by atoms with Gasteiger partial charge in [-0.05, 0) is 30.7 Å². The van der Waals surface area contributed by atoms with Crippen molar-refractivity contribution in [2.45, 2.75) is 26.6 Å². The topological polar surface area (TPSA) is 66.5 Å². The quantitative estimate of drug-likeness (QED) is 0.740. The zero-order valence-electron chi connectivity index (χ0n) is 14.2. The van der Waals surface area contributed by atoms with E-state index in [2.05, 4.69) is 21.6 Å². The Morgan fingerprint density at radius 1 is 1.08 bits per heavy atom. The Morgan fingerprint density at radius 2 is 1.85 bits per heavy atom. The van der Waals surface area contributed by atoms with Gasteiger partial charge in [0.2, 0.25) is 0 Å². The van der Waals surface area contributed by atoms with Crippen molar-refractivity contribution in [1.29, 1.82) is 5.26 Å². The standard InChI is InChI=1S/C19H17F2N5/c1-13-24-25-19(11-23-10-16-6-7-17(20)8-18(16)21)26(13)12-15-4-2-14(9-22)3-5-15/h2-8,23H,10-12H2,1H3. The van der Waals surface area contributed by atoms with Crippen molar-refractivity contribution < 1.29 is 8.78 Å². The van der Waals surface area contributed by atoms with Crippen LogP contribution in [-0.2, 0) is 19.6 Å². The number of hydrogen-bond acceptors (Lipinski definition) is 4. The van der Waals surface area contributed by atoms with Crippen molar-refractivity contribution in [3.8, 4) is 6.07 Å². The predicted octanol–water partition coefficient (Wildman–Crippen LogP) is 3.07. The van der Waals surface area contributed by atoms with Crippen molar-refractivity contribution in [1.82, 2.24) is 20.1 Å². The molecular formula is C19H17F2N5. The predicted molar refractivity (Wildman–Crippen MR) is 91.9 cm³/mol. The summed E-state index contributed by atoms with van der Waals surface area (Å²) in [5.41, 5.74) is 2.02. The highest BCUT2D eigenvalue weighted by Gasteiger charge is 2.10. The highest BCUT2D eigenvalue weighted by Crippen LogP contribution is 2.11. The minimum Gasteiger partial charge on any atom is -0.310 e. The zero-order chi connectivity index (χ0) is 18.5. The lowest BCUT2D eigenvalue weighted by Crippen LogP contribution is -2.18. The Hall–Kier alpha value is -3.11. The van der Waals surface area contributed by atoms with E-state index in [1.165, 1.54) is 12.1 Å². The first kappa shape index (κ1) is 17.7. The number of aromatic nitrogens is 3. The van der Waals surface area contributed by atoms with Gasteiger partial charge in [0.05, 0.1) is 24.7 Å². The molecule has 0 unspecified atom stereocenters. The van der Waals surface area contributed by atoms with Gasteiger partial charge >= 0.3 is 0 Å². The van der Waals surface area contributed by atoms with E-state index >= 15 is 0 Å². The largest absolute Gasteiger partial charge is 0.310 e. The summed E-state index contributed by atoms with van der Waals surface area (Å²) < 4.78 is 28.6. The number of aryl methyl sites for hydroxylation is 1. The van der Waals surface area contributed by atoms with E-state index in [4.69, 9.17) is 5.26 Å². The molecular weight excluding hydrogens is 336 g/mol. The van der Waals surface area contributed by atoms with E-state index in [1.54, 1.807) is 12.1 Å². The fraction of sp³-hybridized carbons (Fsp3) is 0.211. The van der Waals surface area contributed by atoms with Crippen molar-refractivity contribution in [3.63, 3.8) is 0 Å². The van der Waals surface area contributed by atoms with Crippen LogP contribution in [0, 0.1) is 29.9 Å². The molecule has 2 aromatic carbocycles. The summed E-state index contributed by atoms with van der Waals surface area (Å²) in [4.78, 5) is 0. The van der Waals surface area contributed by atoms with Crippen LogP contribution in [-0.4, -0.2) is 14.8 Å². The highest BCUT2D eigenvalue weighted by molar-refractivity contribution is 5.31. The summed E-state index contributed by atoms with van der Waals surface area (Å²) in [7, 11) is 0. The maximum atomic E-state index is 13.7. The van der Waals surface area contributed by atoms with Gasteiger partial charge in [-0.15, -0.1) is 10.2 Å². The van der Waals surface area contributed by atoms with Crippen LogP contribution in [0.3, 0.4) is 0 Å². The molecule has 0 spiro atoms. The molecule has 0 aliphatic heterocycles. The Bertz CT molecular complexity index is 942. The van der Waals surface area contributed by atoms with Crippen molar-refractivity contribution in [3.05, 3.63) is 82.4 Å². The van der Waals surface area contributed by atoms with Crippen LogP contribution in [0.4, 0.5) is 8.78 Å². The summed E-state index contributed by atoms with van der Waals surface area (Å²) in [6, 6.07) is 12.9. The molecule has 0 saturated heterocycles. The van der Waals surface area contributed by atoms with Crippen molar-refractivity contribution >= 4 is 0 Å². The van der Waals surface area contributed by atoms with Gasteiger partial charge in [-0.2, -0.15) is 5.26 Å². The molecule has 1 heterocycles. The van der Waals surface area contributed by atoms with Gasteiger partial charge in [0, 0.05) is 18.2 Å². The maximum absolute atomic E-state index is 13.7. The molecule has 26 heavy (non-hydrogen) atoms. The second-order valence-corrected chi connectivity index (χ2v) is 5.90. The van der Waals surface area contributed by atoms with Crippen LogP contribution in [0.2, 0.25) is 0 Å². The van der Waals surface area contributed by atoms with E-state index in [1.807, 2.05) is 23.6 Å². The zero-order valence-corrected chi connectivity index (χ0v) is 14.2. The Labute approximate surface area is 149 Å². The summed E-state index contributed by atoms with van der Waals surface area (Å²) in [5.74, 6) is 0.310. The number of hydrogen-bond donors (Lipinski definition) is 1. The lowest BCUT2D eigenvalue weighted by Gasteiger charge is -2.10. The number of benzene rings is 2. The molecule has 1 aromatic heterocycles. The third-order valence-corrected chi connectivity index (χ3v) is 4.05. The molecule has 3 aromatic rings. The summed E-state index contributed by atoms with van der Waals surface area (Å²) in [6.07, 6.45) is 0. The fourth-order valence-corrected chi connectivity index (χ4v) is 2.60. The molecule has 0 amide bonds. The molecule has 0 fully saturated rings. The molecule has 0 atom stereocenters. The first-order valence-corrected chi connectivity index (χ1v) is 8.09. The molecule has 0 radical (unpaired) electrons. The second-order valence-electron chi connectivity index (χ2n) is 5.90. The number of nitrogens with one attached hydrogen (secondary N) is 1.